The maximum Gasteiger partial charge on any atom is 0.0959 e. The monoisotopic (exact) mass is 274 g/mol. The predicted molar refractivity (Wildman–Crippen MR) is 82.5 cm³/mol. The van der Waals surface area contributed by atoms with Crippen LogP contribution >= 0.6 is 11.3 Å². The second-order valence-corrected chi connectivity index (χ2v) is 5.80. The molecule has 19 heavy (non-hydrogen) atoms. The molecule has 0 aliphatic carbocycles. The second-order valence-electron chi connectivity index (χ2n) is 4.91. The van der Waals surface area contributed by atoms with Crippen molar-refractivity contribution in [2.45, 2.75) is 45.1 Å². The third-order valence-corrected chi connectivity index (χ3v) is 4.62. The van der Waals surface area contributed by atoms with Gasteiger partial charge in [-0.1, -0.05) is 44.2 Å². The minimum Gasteiger partial charge on any atom is -0.324 e. The fourth-order valence-corrected chi connectivity index (χ4v) is 3.39. The number of thiazole rings is 1. The van der Waals surface area contributed by atoms with Crippen molar-refractivity contribution in [2.75, 3.05) is 0 Å². The molecule has 3 heteroatoms. The molecule has 0 saturated carbocycles. The van der Waals surface area contributed by atoms with E-state index in [4.69, 9.17) is 10.7 Å². The maximum atomic E-state index is 6.24. The van der Waals surface area contributed by atoms with Crippen molar-refractivity contribution < 1.29 is 0 Å². The molecule has 0 spiro atoms. The van der Waals surface area contributed by atoms with Crippen LogP contribution in [0.4, 0.5) is 0 Å². The number of hydrogen-bond acceptors (Lipinski definition) is 3. The first-order valence-electron chi connectivity index (χ1n) is 6.99. The summed E-state index contributed by atoms with van der Waals surface area (Å²) in [4.78, 5) is 4.76. The summed E-state index contributed by atoms with van der Waals surface area (Å²) in [5.74, 6) is 0.603. The fraction of sp³-hybridized carbons (Fsp3) is 0.438. The summed E-state index contributed by atoms with van der Waals surface area (Å²) in [6.45, 7) is 4.45. The third kappa shape index (κ3) is 3.64. The maximum absolute atomic E-state index is 6.24. The van der Waals surface area contributed by atoms with E-state index in [1.165, 1.54) is 10.6 Å². The molecule has 0 radical (unpaired) electrons. The lowest BCUT2D eigenvalue weighted by Gasteiger charge is -2.10. The molecule has 0 saturated heterocycles. The van der Waals surface area contributed by atoms with Crippen molar-refractivity contribution in [3.8, 4) is 0 Å². The number of benzene rings is 1. The summed E-state index contributed by atoms with van der Waals surface area (Å²) in [6, 6.07) is 10.3. The molecule has 0 aliphatic heterocycles. The Kier molecular flexibility index (Phi) is 5.11. The number of nitrogens with zero attached hydrogens (tertiary/aromatic N) is 1. The molecule has 1 heterocycles. The lowest BCUT2D eigenvalue weighted by atomic mass is 10.0. The molecule has 0 bridgehead atoms. The van der Waals surface area contributed by atoms with E-state index in [0.717, 1.165) is 25.0 Å². The molecule has 102 valence electrons. The summed E-state index contributed by atoms with van der Waals surface area (Å²) < 4.78 is 0. The second kappa shape index (κ2) is 6.83. The molecule has 1 atom stereocenters. The standard InChI is InChI=1S/C16H22N2S/c1-3-12(4-2)16-18-14(11-19-16)10-15(17)13-8-6-5-7-9-13/h5-9,11-12,15H,3-4,10,17H2,1-2H3. The summed E-state index contributed by atoms with van der Waals surface area (Å²) in [7, 11) is 0. The number of rotatable bonds is 6. The van der Waals surface area contributed by atoms with Crippen LogP contribution in [0.2, 0.25) is 0 Å². The Morgan fingerprint density at radius 2 is 1.84 bits per heavy atom. The van der Waals surface area contributed by atoms with E-state index in [1.54, 1.807) is 11.3 Å². The van der Waals surface area contributed by atoms with Gasteiger partial charge < -0.3 is 5.73 Å². The van der Waals surface area contributed by atoms with E-state index in [1.807, 2.05) is 18.2 Å². The summed E-state index contributed by atoms with van der Waals surface area (Å²) in [5, 5.41) is 3.43. The van der Waals surface area contributed by atoms with Crippen LogP contribution < -0.4 is 5.73 Å². The Labute approximate surface area is 119 Å². The van der Waals surface area contributed by atoms with E-state index in [0.29, 0.717) is 5.92 Å². The van der Waals surface area contributed by atoms with Gasteiger partial charge in [-0.25, -0.2) is 4.98 Å². The average molecular weight is 274 g/mol. The molecule has 2 N–H and O–H groups in total. The first kappa shape index (κ1) is 14.2. The van der Waals surface area contributed by atoms with Crippen LogP contribution in [-0.4, -0.2) is 4.98 Å². The lowest BCUT2D eigenvalue weighted by Crippen LogP contribution is -2.13. The van der Waals surface area contributed by atoms with Crippen molar-refractivity contribution in [2.24, 2.45) is 5.73 Å². The largest absolute Gasteiger partial charge is 0.324 e. The van der Waals surface area contributed by atoms with Crippen molar-refractivity contribution in [3.63, 3.8) is 0 Å². The van der Waals surface area contributed by atoms with E-state index in [-0.39, 0.29) is 6.04 Å². The summed E-state index contributed by atoms with van der Waals surface area (Å²) >= 11 is 1.78. The van der Waals surface area contributed by atoms with Crippen molar-refractivity contribution >= 4 is 11.3 Å². The Hall–Kier alpha value is -1.19. The number of nitrogens with two attached hydrogens (primary N) is 1. The van der Waals surface area contributed by atoms with Gasteiger partial charge in [-0.05, 0) is 18.4 Å². The first-order valence-corrected chi connectivity index (χ1v) is 7.87. The normalized spacial score (nSPS) is 12.8. The SMILES string of the molecule is CCC(CC)c1nc(CC(N)c2ccccc2)cs1. The minimum atomic E-state index is 0.0397. The van der Waals surface area contributed by atoms with Crippen LogP contribution in [0.5, 0.6) is 0 Å². The Morgan fingerprint density at radius 1 is 1.16 bits per heavy atom. The molecule has 1 unspecified atom stereocenters. The quantitative estimate of drug-likeness (QED) is 0.853. The molecule has 2 rings (SSSR count). The topological polar surface area (TPSA) is 38.9 Å². The Morgan fingerprint density at radius 3 is 2.47 bits per heavy atom. The predicted octanol–water partition coefficient (Wildman–Crippen LogP) is 4.29. The van der Waals surface area contributed by atoms with Gasteiger partial charge in [-0.15, -0.1) is 11.3 Å². The molecule has 2 nitrogen and oxygen atoms in total. The lowest BCUT2D eigenvalue weighted by molar-refractivity contribution is 0.630. The molecule has 1 aromatic carbocycles. The van der Waals surface area contributed by atoms with Gasteiger partial charge in [0.25, 0.3) is 0 Å². The van der Waals surface area contributed by atoms with E-state index in [2.05, 4.69) is 31.4 Å². The fourth-order valence-electron chi connectivity index (χ4n) is 2.29. The van der Waals surface area contributed by atoms with Crippen LogP contribution in [-0.2, 0) is 6.42 Å². The minimum absolute atomic E-state index is 0.0397. The molecule has 1 aromatic heterocycles. The van der Waals surface area contributed by atoms with Gasteiger partial charge in [-0.2, -0.15) is 0 Å². The summed E-state index contributed by atoms with van der Waals surface area (Å²) in [6.07, 6.45) is 3.14. The Balaban J connectivity index is 2.04. The zero-order valence-electron chi connectivity index (χ0n) is 11.7. The number of aromatic nitrogens is 1. The third-order valence-electron chi connectivity index (χ3n) is 3.56. The van der Waals surface area contributed by atoms with Crippen LogP contribution in [0, 0.1) is 0 Å². The molecule has 0 amide bonds. The summed E-state index contributed by atoms with van der Waals surface area (Å²) in [5.41, 5.74) is 8.55. The van der Waals surface area contributed by atoms with Crippen LogP contribution in [0.1, 0.15) is 54.9 Å². The van der Waals surface area contributed by atoms with Gasteiger partial charge >= 0.3 is 0 Å². The van der Waals surface area contributed by atoms with E-state index < -0.39 is 0 Å². The van der Waals surface area contributed by atoms with Gasteiger partial charge in [0.05, 0.1) is 10.7 Å². The van der Waals surface area contributed by atoms with Crippen LogP contribution in [0.15, 0.2) is 35.7 Å². The highest BCUT2D eigenvalue weighted by atomic mass is 32.1. The van der Waals surface area contributed by atoms with Crippen molar-refractivity contribution in [3.05, 3.63) is 52.0 Å². The molecule has 0 fully saturated rings. The van der Waals surface area contributed by atoms with Crippen molar-refractivity contribution in [1.29, 1.82) is 0 Å². The Bertz CT molecular complexity index is 488. The van der Waals surface area contributed by atoms with Crippen molar-refractivity contribution in [1.82, 2.24) is 4.98 Å². The molecule has 0 aliphatic rings. The highest BCUT2D eigenvalue weighted by molar-refractivity contribution is 7.09. The van der Waals surface area contributed by atoms with Gasteiger partial charge in [0.15, 0.2) is 0 Å². The highest BCUT2D eigenvalue weighted by Gasteiger charge is 2.14. The van der Waals surface area contributed by atoms with Gasteiger partial charge in [0.2, 0.25) is 0 Å². The van der Waals surface area contributed by atoms with Gasteiger partial charge in [-0.3, -0.25) is 0 Å². The first-order chi connectivity index (χ1) is 9.24. The van der Waals surface area contributed by atoms with Crippen LogP contribution in [0.25, 0.3) is 0 Å². The van der Waals surface area contributed by atoms with Gasteiger partial charge in [0.1, 0.15) is 0 Å². The van der Waals surface area contributed by atoms with Gasteiger partial charge in [0, 0.05) is 23.8 Å². The van der Waals surface area contributed by atoms with E-state index >= 15 is 0 Å². The zero-order chi connectivity index (χ0) is 13.7. The van der Waals surface area contributed by atoms with E-state index in [9.17, 15) is 0 Å². The smallest absolute Gasteiger partial charge is 0.0959 e. The van der Waals surface area contributed by atoms with Crippen LogP contribution in [0.3, 0.4) is 0 Å². The highest BCUT2D eigenvalue weighted by Crippen LogP contribution is 2.27. The number of hydrogen-bond donors (Lipinski definition) is 1. The molecular weight excluding hydrogens is 252 g/mol. The average Bonchev–Trinajstić information content (AvgIpc) is 2.89. The molecule has 2 aromatic rings. The zero-order valence-corrected chi connectivity index (χ0v) is 12.5. The molecular formula is C16H22N2S.